The Kier molecular flexibility index (Phi) is 4.42. The molecule has 23 heavy (non-hydrogen) atoms. The van der Waals surface area contributed by atoms with Gasteiger partial charge in [0, 0.05) is 37.1 Å². The molecule has 0 spiro atoms. The second-order valence-electron chi connectivity index (χ2n) is 5.23. The fourth-order valence-corrected chi connectivity index (χ4v) is 2.34. The van der Waals surface area contributed by atoms with Crippen LogP contribution in [0.5, 0.6) is 0 Å². The van der Waals surface area contributed by atoms with Crippen molar-refractivity contribution in [3.05, 3.63) is 65.9 Å². The second kappa shape index (κ2) is 6.83. The molecule has 2 heterocycles. The first-order valence-corrected chi connectivity index (χ1v) is 7.37. The van der Waals surface area contributed by atoms with E-state index in [0.717, 1.165) is 22.5 Å². The van der Waals surface area contributed by atoms with Gasteiger partial charge >= 0.3 is 0 Å². The van der Waals surface area contributed by atoms with Gasteiger partial charge in [-0.2, -0.15) is 5.10 Å². The zero-order valence-electron chi connectivity index (χ0n) is 12.8. The molecule has 0 saturated carbocycles. The molecule has 0 aliphatic heterocycles. The fourth-order valence-electron chi connectivity index (χ4n) is 2.34. The van der Waals surface area contributed by atoms with Crippen molar-refractivity contribution in [1.82, 2.24) is 25.5 Å². The molecule has 2 N–H and O–H groups in total. The Morgan fingerprint density at radius 3 is 2.96 bits per heavy atom. The van der Waals surface area contributed by atoms with Gasteiger partial charge in [-0.25, -0.2) is 0 Å². The molecule has 0 unspecified atom stereocenters. The smallest absolute Gasteiger partial charge is 0.255 e. The first kappa shape index (κ1) is 14.9. The highest BCUT2D eigenvalue weighted by Gasteiger charge is 2.15. The van der Waals surface area contributed by atoms with Crippen LogP contribution >= 0.6 is 0 Å². The molecule has 116 valence electrons. The Morgan fingerprint density at radius 2 is 2.17 bits per heavy atom. The topological polar surface area (TPSA) is 83.6 Å². The Morgan fingerprint density at radius 1 is 1.26 bits per heavy atom. The molecule has 0 fully saturated rings. The van der Waals surface area contributed by atoms with E-state index in [4.69, 9.17) is 0 Å². The largest absolute Gasteiger partial charge is 0.352 e. The molecule has 0 aliphatic carbocycles. The average molecular weight is 307 g/mol. The number of carbonyl (C=O) groups is 1. The fraction of sp³-hybridized carbons (Fsp3) is 0.176. The molecular formula is C17H17N5O. The molecule has 3 rings (SSSR count). The summed E-state index contributed by atoms with van der Waals surface area (Å²) in [5, 5.41) is 9.80. The van der Waals surface area contributed by atoms with Crippen molar-refractivity contribution in [2.45, 2.75) is 13.3 Å². The number of carbonyl (C=O) groups excluding carboxylic acids is 1. The first-order valence-electron chi connectivity index (χ1n) is 7.37. The van der Waals surface area contributed by atoms with Gasteiger partial charge in [0.25, 0.3) is 5.91 Å². The van der Waals surface area contributed by atoms with Crippen molar-refractivity contribution in [3.63, 3.8) is 0 Å². The van der Waals surface area contributed by atoms with Crippen molar-refractivity contribution >= 4 is 5.91 Å². The van der Waals surface area contributed by atoms with Crippen LogP contribution in [0, 0.1) is 6.92 Å². The molecule has 0 atom stereocenters. The van der Waals surface area contributed by atoms with Crippen LogP contribution in [-0.4, -0.2) is 32.6 Å². The number of rotatable bonds is 5. The first-order chi connectivity index (χ1) is 11.2. The van der Waals surface area contributed by atoms with E-state index in [1.54, 1.807) is 24.8 Å². The maximum absolute atomic E-state index is 12.4. The molecule has 1 amide bonds. The minimum absolute atomic E-state index is 0.154. The van der Waals surface area contributed by atoms with E-state index >= 15 is 0 Å². The Labute approximate surface area is 134 Å². The number of aromatic amines is 1. The summed E-state index contributed by atoms with van der Waals surface area (Å²) in [7, 11) is 0. The number of aromatic nitrogens is 4. The standard InChI is InChI=1S/C17H17N5O/c1-12-3-2-4-13(9-12)16-15(11-21-22-16)17(23)20-6-5-14-10-18-7-8-19-14/h2-4,7-11H,5-6H2,1H3,(H,20,23)(H,21,22). The van der Waals surface area contributed by atoms with Crippen LogP contribution in [0.4, 0.5) is 0 Å². The third-order valence-electron chi connectivity index (χ3n) is 3.47. The van der Waals surface area contributed by atoms with E-state index in [1.165, 1.54) is 0 Å². The van der Waals surface area contributed by atoms with Gasteiger partial charge < -0.3 is 5.32 Å². The highest BCUT2D eigenvalue weighted by Crippen LogP contribution is 2.21. The Hall–Kier alpha value is -3.02. The number of H-pyrrole nitrogens is 1. The van der Waals surface area contributed by atoms with Gasteiger partial charge in [0.05, 0.1) is 23.1 Å². The molecule has 0 radical (unpaired) electrons. The number of nitrogens with zero attached hydrogens (tertiary/aromatic N) is 3. The molecule has 2 aromatic heterocycles. The van der Waals surface area contributed by atoms with Crippen LogP contribution in [0.1, 0.15) is 21.6 Å². The predicted octanol–water partition coefficient (Wildman–Crippen LogP) is 2.15. The molecule has 6 heteroatoms. The summed E-state index contributed by atoms with van der Waals surface area (Å²) in [6, 6.07) is 7.95. The number of aryl methyl sites for hydroxylation is 1. The zero-order valence-corrected chi connectivity index (χ0v) is 12.8. The van der Waals surface area contributed by atoms with Crippen molar-refractivity contribution < 1.29 is 4.79 Å². The van der Waals surface area contributed by atoms with Gasteiger partial charge in [0.2, 0.25) is 0 Å². The lowest BCUT2D eigenvalue weighted by atomic mass is 10.1. The van der Waals surface area contributed by atoms with Crippen LogP contribution in [-0.2, 0) is 6.42 Å². The summed E-state index contributed by atoms with van der Waals surface area (Å²) in [6.07, 6.45) is 7.15. The van der Waals surface area contributed by atoms with Crippen LogP contribution in [0.3, 0.4) is 0 Å². The Bertz CT molecular complexity index is 798. The van der Waals surface area contributed by atoms with E-state index in [1.807, 2.05) is 31.2 Å². The summed E-state index contributed by atoms with van der Waals surface area (Å²) in [4.78, 5) is 20.6. The maximum atomic E-state index is 12.4. The average Bonchev–Trinajstić information content (AvgIpc) is 3.05. The van der Waals surface area contributed by atoms with E-state index in [2.05, 4.69) is 25.5 Å². The lowest BCUT2D eigenvalue weighted by Gasteiger charge is -2.06. The van der Waals surface area contributed by atoms with Crippen LogP contribution in [0.2, 0.25) is 0 Å². The number of benzene rings is 1. The second-order valence-corrected chi connectivity index (χ2v) is 5.23. The molecular weight excluding hydrogens is 290 g/mol. The summed E-state index contributed by atoms with van der Waals surface area (Å²) < 4.78 is 0. The molecule has 0 saturated heterocycles. The quantitative estimate of drug-likeness (QED) is 0.756. The predicted molar refractivity (Wildman–Crippen MR) is 86.8 cm³/mol. The van der Waals surface area contributed by atoms with Crippen LogP contribution in [0.15, 0.2) is 49.1 Å². The zero-order chi connectivity index (χ0) is 16.1. The third kappa shape index (κ3) is 3.60. The van der Waals surface area contributed by atoms with E-state index in [-0.39, 0.29) is 5.91 Å². The summed E-state index contributed by atoms with van der Waals surface area (Å²) in [5.41, 5.74) is 4.19. The van der Waals surface area contributed by atoms with Gasteiger partial charge in [-0.3, -0.25) is 19.9 Å². The lowest BCUT2D eigenvalue weighted by Crippen LogP contribution is -2.26. The van der Waals surface area contributed by atoms with Gasteiger partial charge in [-0.05, 0) is 13.0 Å². The summed E-state index contributed by atoms with van der Waals surface area (Å²) in [6.45, 7) is 2.51. The SMILES string of the molecule is Cc1cccc(-c2[nH]ncc2C(=O)NCCc2cnccn2)c1. The van der Waals surface area contributed by atoms with E-state index in [9.17, 15) is 4.79 Å². The van der Waals surface area contributed by atoms with Gasteiger partial charge in [-0.15, -0.1) is 0 Å². The molecule has 3 aromatic rings. The molecule has 0 aliphatic rings. The van der Waals surface area contributed by atoms with E-state index in [0.29, 0.717) is 18.5 Å². The molecule has 6 nitrogen and oxygen atoms in total. The highest BCUT2D eigenvalue weighted by molar-refractivity contribution is 5.99. The minimum Gasteiger partial charge on any atom is -0.352 e. The van der Waals surface area contributed by atoms with Crippen LogP contribution in [0.25, 0.3) is 11.3 Å². The monoisotopic (exact) mass is 307 g/mol. The summed E-state index contributed by atoms with van der Waals surface area (Å²) >= 11 is 0. The van der Waals surface area contributed by atoms with Gasteiger partial charge in [0.15, 0.2) is 0 Å². The van der Waals surface area contributed by atoms with Crippen molar-refractivity contribution in [1.29, 1.82) is 0 Å². The molecule has 1 aromatic carbocycles. The van der Waals surface area contributed by atoms with Crippen LogP contribution < -0.4 is 5.32 Å². The van der Waals surface area contributed by atoms with Crippen molar-refractivity contribution in [3.8, 4) is 11.3 Å². The lowest BCUT2D eigenvalue weighted by molar-refractivity contribution is 0.0955. The number of hydrogen-bond acceptors (Lipinski definition) is 4. The van der Waals surface area contributed by atoms with Gasteiger partial charge in [0.1, 0.15) is 0 Å². The third-order valence-corrected chi connectivity index (χ3v) is 3.47. The van der Waals surface area contributed by atoms with Crippen molar-refractivity contribution in [2.75, 3.05) is 6.54 Å². The number of amides is 1. The van der Waals surface area contributed by atoms with E-state index < -0.39 is 0 Å². The summed E-state index contributed by atoms with van der Waals surface area (Å²) in [5.74, 6) is -0.154. The maximum Gasteiger partial charge on any atom is 0.255 e. The van der Waals surface area contributed by atoms with Crippen molar-refractivity contribution in [2.24, 2.45) is 0 Å². The highest BCUT2D eigenvalue weighted by atomic mass is 16.1. The minimum atomic E-state index is -0.154. The Balaban J connectivity index is 1.68. The molecule has 0 bridgehead atoms. The van der Waals surface area contributed by atoms with Gasteiger partial charge in [-0.1, -0.05) is 23.8 Å². The number of nitrogens with one attached hydrogen (secondary N) is 2. The normalized spacial score (nSPS) is 10.5. The number of hydrogen-bond donors (Lipinski definition) is 2.